The van der Waals surface area contributed by atoms with Crippen molar-refractivity contribution in [2.24, 2.45) is 0 Å². The summed E-state index contributed by atoms with van der Waals surface area (Å²) >= 11 is 0. The molecule has 0 bridgehead atoms. The fraction of sp³-hybridized carbons (Fsp3) is 0.312. The zero-order valence-electron chi connectivity index (χ0n) is 12.0. The number of amides is 1. The van der Waals surface area contributed by atoms with Gasteiger partial charge in [-0.2, -0.15) is 0 Å². The Kier molecular flexibility index (Phi) is 6.96. The number of methoxy groups -OCH3 is 1. The first-order valence-electron chi connectivity index (χ1n) is 6.59. The van der Waals surface area contributed by atoms with Crippen molar-refractivity contribution >= 4 is 12.0 Å². The van der Waals surface area contributed by atoms with E-state index in [1.807, 2.05) is 25.1 Å². The molecule has 4 heteroatoms. The van der Waals surface area contributed by atoms with Gasteiger partial charge in [-0.15, -0.1) is 6.58 Å². The molecule has 1 aromatic rings. The van der Waals surface area contributed by atoms with Gasteiger partial charge < -0.3 is 14.8 Å². The van der Waals surface area contributed by atoms with Crippen LogP contribution < -0.4 is 14.8 Å². The Morgan fingerprint density at radius 3 is 2.85 bits per heavy atom. The van der Waals surface area contributed by atoms with E-state index >= 15 is 0 Å². The quantitative estimate of drug-likeness (QED) is 0.586. The summed E-state index contributed by atoms with van der Waals surface area (Å²) in [4.78, 5) is 11.4. The minimum Gasteiger partial charge on any atom is -0.493 e. The third-order valence-electron chi connectivity index (χ3n) is 2.50. The minimum atomic E-state index is -0.157. The molecule has 0 saturated carbocycles. The summed E-state index contributed by atoms with van der Waals surface area (Å²) in [7, 11) is 1.60. The van der Waals surface area contributed by atoms with Crippen LogP contribution in [0.25, 0.3) is 6.08 Å². The number of ether oxygens (including phenoxy) is 2. The summed E-state index contributed by atoms with van der Waals surface area (Å²) in [5.74, 6) is 1.21. The van der Waals surface area contributed by atoms with E-state index in [0.717, 1.165) is 12.0 Å². The van der Waals surface area contributed by atoms with Crippen LogP contribution in [0.15, 0.2) is 36.9 Å². The Bertz CT molecular complexity index is 481. The van der Waals surface area contributed by atoms with Crippen molar-refractivity contribution < 1.29 is 14.3 Å². The van der Waals surface area contributed by atoms with Gasteiger partial charge in [0, 0.05) is 12.6 Å². The highest BCUT2D eigenvalue weighted by atomic mass is 16.5. The van der Waals surface area contributed by atoms with Gasteiger partial charge in [0.25, 0.3) is 0 Å². The molecule has 108 valence electrons. The minimum absolute atomic E-state index is 0.157. The van der Waals surface area contributed by atoms with Crippen molar-refractivity contribution in [2.45, 2.75) is 13.3 Å². The largest absolute Gasteiger partial charge is 0.493 e. The standard InChI is InChI=1S/C16H21NO3/c1-4-10-17-16(18)9-7-13-6-8-14(20-11-5-2)15(12-13)19-3/h4,6-9,12H,1,5,10-11H2,2-3H3,(H,17,18)/b9-7+. The summed E-state index contributed by atoms with van der Waals surface area (Å²) in [6, 6.07) is 5.56. The van der Waals surface area contributed by atoms with Crippen molar-refractivity contribution in [1.82, 2.24) is 5.32 Å². The zero-order chi connectivity index (χ0) is 14.8. The Hall–Kier alpha value is -2.23. The van der Waals surface area contributed by atoms with Crippen molar-refractivity contribution in [3.05, 3.63) is 42.5 Å². The number of hydrogen-bond donors (Lipinski definition) is 1. The van der Waals surface area contributed by atoms with Crippen LogP contribution in [-0.4, -0.2) is 26.2 Å². The number of nitrogens with one attached hydrogen (secondary N) is 1. The molecule has 0 aliphatic carbocycles. The van der Waals surface area contributed by atoms with E-state index in [0.29, 0.717) is 24.7 Å². The number of carbonyl (C=O) groups is 1. The van der Waals surface area contributed by atoms with Crippen LogP contribution >= 0.6 is 0 Å². The second-order valence-corrected chi connectivity index (χ2v) is 4.13. The maximum atomic E-state index is 11.4. The molecule has 1 N–H and O–H groups in total. The average molecular weight is 275 g/mol. The maximum Gasteiger partial charge on any atom is 0.244 e. The van der Waals surface area contributed by atoms with E-state index in [1.165, 1.54) is 6.08 Å². The fourth-order valence-electron chi connectivity index (χ4n) is 1.52. The number of carbonyl (C=O) groups excluding carboxylic acids is 1. The highest BCUT2D eigenvalue weighted by Crippen LogP contribution is 2.28. The van der Waals surface area contributed by atoms with Gasteiger partial charge >= 0.3 is 0 Å². The third kappa shape index (κ3) is 5.18. The lowest BCUT2D eigenvalue weighted by Gasteiger charge is -2.10. The molecule has 0 fully saturated rings. The first-order chi connectivity index (χ1) is 9.71. The van der Waals surface area contributed by atoms with Crippen LogP contribution in [-0.2, 0) is 4.79 Å². The van der Waals surface area contributed by atoms with E-state index in [9.17, 15) is 4.79 Å². The molecule has 0 saturated heterocycles. The molecule has 0 aliphatic rings. The molecule has 1 amide bonds. The predicted octanol–water partition coefficient (Wildman–Crippen LogP) is 2.80. The van der Waals surface area contributed by atoms with E-state index in [4.69, 9.17) is 9.47 Å². The lowest BCUT2D eigenvalue weighted by atomic mass is 10.2. The topological polar surface area (TPSA) is 47.6 Å². The smallest absolute Gasteiger partial charge is 0.244 e. The molecule has 0 aromatic heterocycles. The van der Waals surface area contributed by atoms with Gasteiger partial charge in [-0.05, 0) is 30.2 Å². The molecule has 0 unspecified atom stereocenters. The van der Waals surface area contributed by atoms with Crippen LogP contribution in [0.1, 0.15) is 18.9 Å². The van der Waals surface area contributed by atoms with E-state index < -0.39 is 0 Å². The van der Waals surface area contributed by atoms with Crippen molar-refractivity contribution in [3.63, 3.8) is 0 Å². The Labute approximate surface area is 120 Å². The lowest BCUT2D eigenvalue weighted by Crippen LogP contribution is -2.20. The van der Waals surface area contributed by atoms with Crippen LogP contribution in [0.2, 0.25) is 0 Å². The Morgan fingerprint density at radius 1 is 1.40 bits per heavy atom. The Morgan fingerprint density at radius 2 is 2.20 bits per heavy atom. The number of hydrogen-bond acceptors (Lipinski definition) is 3. The normalized spacial score (nSPS) is 10.3. The van der Waals surface area contributed by atoms with Gasteiger partial charge in [-0.3, -0.25) is 4.79 Å². The molecule has 4 nitrogen and oxygen atoms in total. The van der Waals surface area contributed by atoms with E-state index in [-0.39, 0.29) is 5.91 Å². The van der Waals surface area contributed by atoms with E-state index in [1.54, 1.807) is 19.3 Å². The molecule has 0 atom stereocenters. The van der Waals surface area contributed by atoms with E-state index in [2.05, 4.69) is 11.9 Å². The molecule has 20 heavy (non-hydrogen) atoms. The molecular weight excluding hydrogens is 254 g/mol. The Balaban J connectivity index is 2.74. The number of rotatable bonds is 8. The van der Waals surface area contributed by atoms with Gasteiger partial charge in [-0.25, -0.2) is 0 Å². The summed E-state index contributed by atoms with van der Waals surface area (Å²) in [5.41, 5.74) is 0.874. The van der Waals surface area contributed by atoms with Crippen molar-refractivity contribution in [2.75, 3.05) is 20.3 Å². The first-order valence-corrected chi connectivity index (χ1v) is 6.59. The van der Waals surface area contributed by atoms with Gasteiger partial charge in [0.05, 0.1) is 13.7 Å². The van der Waals surface area contributed by atoms with Crippen molar-refractivity contribution in [3.8, 4) is 11.5 Å². The molecule has 0 heterocycles. The van der Waals surface area contributed by atoms with Crippen LogP contribution in [0.4, 0.5) is 0 Å². The maximum absolute atomic E-state index is 11.4. The summed E-state index contributed by atoms with van der Waals surface area (Å²) in [6.45, 7) is 6.69. The third-order valence-corrected chi connectivity index (χ3v) is 2.50. The van der Waals surface area contributed by atoms with Gasteiger partial charge in [0.2, 0.25) is 5.91 Å². The SMILES string of the molecule is C=CCNC(=O)/C=C/c1ccc(OCCC)c(OC)c1. The second-order valence-electron chi connectivity index (χ2n) is 4.13. The molecule has 1 rings (SSSR count). The second kappa shape index (κ2) is 8.80. The fourth-order valence-corrected chi connectivity index (χ4v) is 1.52. The summed E-state index contributed by atoms with van der Waals surface area (Å²) in [5, 5.41) is 2.67. The van der Waals surface area contributed by atoms with Crippen LogP contribution in [0.3, 0.4) is 0 Å². The summed E-state index contributed by atoms with van der Waals surface area (Å²) in [6.07, 6.45) is 5.78. The summed E-state index contributed by atoms with van der Waals surface area (Å²) < 4.78 is 10.9. The zero-order valence-corrected chi connectivity index (χ0v) is 12.0. The lowest BCUT2D eigenvalue weighted by molar-refractivity contribution is -0.116. The molecule has 0 aliphatic heterocycles. The first kappa shape index (κ1) is 15.8. The predicted molar refractivity (Wildman–Crippen MR) is 81.0 cm³/mol. The van der Waals surface area contributed by atoms with Gasteiger partial charge in [0.15, 0.2) is 11.5 Å². The molecule has 0 radical (unpaired) electrons. The van der Waals surface area contributed by atoms with Gasteiger partial charge in [-0.1, -0.05) is 19.1 Å². The monoisotopic (exact) mass is 275 g/mol. The number of benzene rings is 1. The molecular formula is C16H21NO3. The van der Waals surface area contributed by atoms with Crippen LogP contribution in [0, 0.1) is 0 Å². The van der Waals surface area contributed by atoms with Gasteiger partial charge in [0.1, 0.15) is 0 Å². The van der Waals surface area contributed by atoms with Crippen LogP contribution in [0.5, 0.6) is 11.5 Å². The van der Waals surface area contributed by atoms with Crippen molar-refractivity contribution in [1.29, 1.82) is 0 Å². The average Bonchev–Trinajstić information content (AvgIpc) is 2.49. The molecule has 1 aromatic carbocycles. The highest BCUT2D eigenvalue weighted by molar-refractivity contribution is 5.91. The highest BCUT2D eigenvalue weighted by Gasteiger charge is 2.04. The molecule has 0 spiro atoms.